The number of aromatic amines is 1. The standard InChI is InChI=1S/C10H9Cl2N5O/c1-17(4-8-13-5-14-16-8)10(18)9-6(11)2-3-7(12)15-9/h2-3,5H,4H2,1H3,(H,13,14,16). The van der Waals surface area contributed by atoms with E-state index in [4.69, 9.17) is 23.2 Å². The summed E-state index contributed by atoms with van der Waals surface area (Å²) < 4.78 is 0. The molecule has 0 unspecified atom stereocenters. The minimum Gasteiger partial charge on any atom is -0.333 e. The zero-order valence-corrected chi connectivity index (χ0v) is 10.9. The zero-order valence-electron chi connectivity index (χ0n) is 9.39. The summed E-state index contributed by atoms with van der Waals surface area (Å²) in [5, 5.41) is 6.84. The van der Waals surface area contributed by atoms with Crippen LogP contribution in [-0.4, -0.2) is 38.0 Å². The van der Waals surface area contributed by atoms with Crippen molar-refractivity contribution >= 4 is 29.1 Å². The summed E-state index contributed by atoms with van der Waals surface area (Å²) in [6, 6.07) is 3.06. The Morgan fingerprint density at radius 2 is 2.22 bits per heavy atom. The van der Waals surface area contributed by atoms with Gasteiger partial charge in [0.05, 0.1) is 11.6 Å². The average molecular weight is 286 g/mol. The Kier molecular flexibility index (Phi) is 3.78. The molecule has 6 nitrogen and oxygen atoms in total. The molecule has 0 atom stereocenters. The van der Waals surface area contributed by atoms with E-state index >= 15 is 0 Å². The van der Waals surface area contributed by atoms with Gasteiger partial charge in [-0.15, -0.1) is 0 Å². The van der Waals surface area contributed by atoms with E-state index in [1.807, 2.05) is 0 Å². The molecule has 2 aromatic rings. The number of aromatic nitrogens is 4. The van der Waals surface area contributed by atoms with Gasteiger partial charge in [-0.1, -0.05) is 23.2 Å². The fourth-order valence-electron chi connectivity index (χ4n) is 1.35. The number of carbonyl (C=O) groups is 1. The molecule has 0 aliphatic heterocycles. The van der Waals surface area contributed by atoms with Crippen molar-refractivity contribution < 1.29 is 4.79 Å². The van der Waals surface area contributed by atoms with Gasteiger partial charge in [0.2, 0.25) is 0 Å². The minimum absolute atomic E-state index is 0.117. The molecule has 0 aliphatic rings. The number of nitrogens with zero attached hydrogens (tertiary/aromatic N) is 4. The first-order valence-electron chi connectivity index (χ1n) is 4.99. The molecule has 2 rings (SSSR count). The monoisotopic (exact) mass is 285 g/mol. The molecule has 0 radical (unpaired) electrons. The van der Waals surface area contributed by atoms with Gasteiger partial charge in [0, 0.05) is 7.05 Å². The topological polar surface area (TPSA) is 74.8 Å². The number of pyridine rings is 1. The predicted molar refractivity (Wildman–Crippen MR) is 66.4 cm³/mol. The van der Waals surface area contributed by atoms with Crippen molar-refractivity contribution in [1.29, 1.82) is 0 Å². The molecule has 2 aromatic heterocycles. The van der Waals surface area contributed by atoms with Crippen molar-refractivity contribution in [3.05, 3.63) is 40.2 Å². The van der Waals surface area contributed by atoms with Crippen LogP contribution in [0.5, 0.6) is 0 Å². The SMILES string of the molecule is CN(Cc1ncn[nH]1)C(=O)c1nc(Cl)ccc1Cl. The third kappa shape index (κ3) is 2.77. The summed E-state index contributed by atoms with van der Waals surface area (Å²) in [7, 11) is 1.61. The highest BCUT2D eigenvalue weighted by Crippen LogP contribution is 2.18. The largest absolute Gasteiger partial charge is 0.333 e. The molecule has 0 saturated carbocycles. The Labute approximate surface area is 113 Å². The van der Waals surface area contributed by atoms with Crippen LogP contribution in [0.3, 0.4) is 0 Å². The van der Waals surface area contributed by atoms with Crippen molar-refractivity contribution in [3.63, 3.8) is 0 Å². The molecular weight excluding hydrogens is 277 g/mol. The maximum absolute atomic E-state index is 12.1. The van der Waals surface area contributed by atoms with Crippen molar-refractivity contribution in [2.24, 2.45) is 0 Å². The first kappa shape index (κ1) is 12.8. The van der Waals surface area contributed by atoms with Crippen LogP contribution in [0.2, 0.25) is 10.2 Å². The lowest BCUT2D eigenvalue weighted by Gasteiger charge is -2.15. The van der Waals surface area contributed by atoms with Crippen molar-refractivity contribution in [2.75, 3.05) is 7.05 Å². The number of carbonyl (C=O) groups excluding carboxylic acids is 1. The van der Waals surface area contributed by atoms with Crippen LogP contribution in [0.15, 0.2) is 18.5 Å². The minimum atomic E-state index is -0.334. The molecule has 18 heavy (non-hydrogen) atoms. The number of halogens is 2. The van der Waals surface area contributed by atoms with Crippen LogP contribution < -0.4 is 0 Å². The molecule has 94 valence electrons. The van der Waals surface area contributed by atoms with E-state index in [2.05, 4.69) is 20.2 Å². The molecule has 8 heteroatoms. The van der Waals surface area contributed by atoms with Gasteiger partial charge in [0.25, 0.3) is 5.91 Å². The van der Waals surface area contributed by atoms with Gasteiger partial charge in [0.1, 0.15) is 23.0 Å². The summed E-state index contributed by atoms with van der Waals surface area (Å²) in [6.45, 7) is 0.281. The Balaban J connectivity index is 2.17. The van der Waals surface area contributed by atoms with Gasteiger partial charge in [-0.3, -0.25) is 9.89 Å². The van der Waals surface area contributed by atoms with Crippen LogP contribution in [0.4, 0.5) is 0 Å². The number of hydrogen-bond acceptors (Lipinski definition) is 4. The lowest BCUT2D eigenvalue weighted by Crippen LogP contribution is -2.27. The van der Waals surface area contributed by atoms with Gasteiger partial charge in [-0.05, 0) is 12.1 Å². The van der Waals surface area contributed by atoms with Crippen molar-refractivity contribution in [2.45, 2.75) is 6.54 Å². The molecule has 0 aliphatic carbocycles. The van der Waals surface area contributed by atoms with Crippen LogP contribution in [-0.2, 0) is 6.54 Å². The molecule has 0 saturated heterocycles. The number of H-pyrrole nitrogens is 1. The summed E-state index contributed by atoms with van der Waals surface area (Å²) >= 11 is 11.7. The maximum atomic E-state index is 12.1. The highest BCUT2D eigenvalue weighted by Gasteiger charge is 2.18. The van der Waals surface area contributed by atoms with E-state index in [1.165, 1.54) is 23.4 Å². The Morgan fingerprint density at radius 1 is 1.44 bits per heavy atom. The number of rotatable bonds is 3. The smallest absolute Gasteiger partial charge is 0.274 e. The Bertz CT molecular complexity index is 557. The van der Waals surface area contributed by atoms with Gasteiger partial charge in [-0.25, -0.2) is 9.97 Å². The normalized spacial score (nSPS) is 10.4. The number of nitrogens with one attached hydrogen (secondary N) is 1. The Morgan fingerprint density at radius 3 is 2.89 bits per heavy atom. The predicted octanol–water partition coefficient (Wildman–Crippen LogP) is 1.78. The molecule has 1 N–H and O–H groups in total. The summed E-state index contributed by atoms with van der Waals surface area (Å²) in [5.41, 5.74) is 0.117. The molecule has 0 fully saturated rings. The molecular formula is C10H9Cl2N5O. The van der Waals surface area contributed by atoms with Gasteiger partial charge in [0.15, 0.2) is 0 Å². The second kappa shape index (κ2) is 5.32. The van der Waals surface area contributed by atoms with Crippen molar-refractivity contribution in [1.82, 2.24) is 25.1 Å². The van der Waals surface area contributed by atoms with Gasteiger partial charge in [-0.2, -0.15) is 5.10 Å². The lowest BCUT2D eigenvalue weighted by molar-refractivity contribution is 0.0776. The third-order valence-corrected chi connectivity index (χ3v) is 2.73. The number of amides is 1. The average Bonchev–Trinajstić information content (AvgIpc) is 2.84. The van der Waals surface area contributed by atoms with Crippen LogP contribution in [0.25, 0.3) is 0 Å². The molecule has 0 aromatic carbocycles. The van der Waals surface area contributed by atoms with E-state index in [-0.39, 0.29) is 28.3 Å². The van der Waals surface area contributed by atoms with E-state index < -0.39 is 0 Å². The second-order valence-corrected chi connectivity index (χ2v) is 4.35. The van der Waals surface area contributed by atoms with E-state index in [9.17, 15) is 4.79 Å². The summed E-state index contributed by atoms with van der Waals surface area (Å²) in [4.78, 5) is 21.4. The summed E-state index contributed by atoms with van der Waals surface area (Å²) in [6.07, 6.45) is 1.37. The third-order valence-electron chi connectivity index (χ3n) is 2.21. The first-order valence-corrected chi connectivity index (χ1v) is 5.75. The van der Waals surface area contributed by atoms with Crippen molar-refractivity contribution in [3.8, 4) is 0 Å². The first-order chi connectivity index (χ1) is 8.58. The molecule has 0 bridgehead atoms. The Hall–Kier alpha value is -1.66. The van der Waals surface area contributed by atoms with E-state index in [0.29, 0.717) is 5.82 Å². The summed E-state index contributed by atoms with van der Waals surface area (Å²) in [5.74, 6) is 0.239. The van der Waals surface area contributed by atoms with Crippen LogP contribution in [0, 0.1) is 0 Å². The van der Waals surface area contributed by atoms with E-state index in [1.54, 1.807) is 7.05 Å². The fraction of sp³-hybridized carbons (Fsp3) is 0.200. The maximum Gasteiger partial charge on any atom is 0.274 e. The van der Waals surface area contributed by atoms with E-state index in [0.717, 1.165) is 0 Å². The van der Waals surface area contributed by atoms with Crippen LogP contribution >= 0.6 is 23.2 Å². The molecule has 0 spiro atoms. The highest BCUT2D eigenvalue weighted by atomic mass is 35.5. The fourth-order valence-corrected chi connectivity index (χ4v) is 1.69. The van der Waals surface area contributed by atoms with Crippen LogP contribution in [0.1, 0.15) is 16.3 Å². The number of hydrogen-bond donors (Lipinski definition) is 1. The molecule has 1 amide bonds. The lowest BCUT2D eigenvalue weighted by atomic mass is 10.3. The highest BCUT2D eigenvalue weighted by molar-refractivity contribution is 6.34. The zero-order chi connectivity index (χ0) is 13.1. The van der Waals surface area contributed by atoms with Gasteiger partial charge < -0.3 is 4.90 Å². The second-order valence-electron chi connectivity index (χ2n) is 3.56. The molecule has 2 heterocycles. The van der Waals surface area contributed by atoms with Gasteiger partial charge >= 0.3 is 0 Å². The quantitative estimate of drug-likeness (QED) is 0.873.